The smallest absolute Gasteiger partial charge is 0.420 e. The van der Waals surface area contributed by atoms with Crippen LogP contribution >= 0.6 is 0 Å². The molecular formula is C10H8F3NO. The van der Waals surface area contributed by atoms with Crippen LogP contribution in [0.3, 0.4) is 0 Å². The van der Waals surface area contributed by atoms with E-state index in [0.717, 1.165) is 0 Å². The highest BCUT2D eigenvalue weighted by Crippen LogP contribution is 2.38. The van der Waals surface area contributed by atoms with E-state index in [4.69, 9.17) is 4.42 Å². The van der Waals surface area contributed by atoms with Gasteiger partial charge >= 0.3 is 6.18 Å². The number of alkyl halides is 3. The second kappa shape index (κ2) is 2.98. The van der Waals surface area contributed by atoms with Crippen LogP contribution in [0.25, 0.3) is 11.1 Å². The minimum Gasteiger partial charge on any atom is -0.442 e. The van der Waals surface area contributed by atoms with Crippen LogP contribution in [0.15, 0.2) is 16.5 Å². The van der Waals surface area contributed by atoms with Crippen LogP contribution < -0.4 is 0 Å². The van der Waals surface area contributed by atoms with Crippen molar-refractivity contribution in [3.05, 3.63) is 29.2 Å². The molecule has 0 N–H and O–H groups in total. The van der Waals surface area contributed by atoms with Crippen LogP contribution in [0.2, 0.25) is 0 Å². The molecule has 15 heavy (non-hydrogen) atoms. The van der Waals surface area contributed by atoms with E-state index < -0.39 is 11.7 Å². The lowest BCUT2D eigenvalue weighted by Gasteiger charge is -2.04. The zero-order valence-corrected chi connectivity index (χ0v) is 8.14. The van der Waals surface area contributed by atoms with Crippen molar-refractivity contribution in [2.24, 2.45) is 0 Å². The predicted octanol–water partition coefficient (Wildman–Crippen LogP) is 3.46. The topological polar surface area (TPSA) is 26.0 Å². The Hall–Kier alpha value is -1.52. The molecule has 0 aliphatic heterocycles. The van der Waals surface area contributed by atoms with Crippen LogP contribution in [-0.2, 0) is 6.18 Å². The van der Waals surface area contributed by atoms with Gasteiger partial charge in [-0.25, -0.2) is 4.98 Å². The van der Waals surface area contributed by atoms with Crippen molar-refractivity contribution >= 4 is 11.1 Å². The van der Waals surface area contributed by atoms with Crippen LogP contribution in [0.1, 0.15) is 17.0 Å². The quantitative estimate of drug-likeness (QED) is 0.672. The summed E-state index contributed by atoms with van der Waals surface area (Å²) < 4.78 is 42.8. The van der Waals surface area contributed by atoms with Gasteiger partial charge in [-0.05, 0) is 26.0 Å². The van der Waals surface area contributed by atoms with Gasteiger partial charge in [0.05, 0.1) is 5.39 Å². The third-order valence-corrected chi connectivity index (χ3v) is 2.15. The number of halogens is 3. The number of furan rings is 1. The Balaban J connectivity index is 2.80. The van der Waals surface area contributed by atoms with Gasteiger partial charge < -0.3 is 4.42 Å². The molecule has 0 fully saturated rings. The molecule has 2 aromatic rings. The summed E-state index contributed by atoms with van der Waals surface area (Å²) in [6.45, 7) is 2.99. The Bertz CT molecular complexity index is 513. The van der Waals surface area contributed by atoms with Crippen molar-refractivity contribution in [1.29, 1.82) is 0 Å². The first-order valence-corrected chi connectivity index (χ1v) is 4.33. The normalized spacial score (nSPS) is 12.3. The standard InChI is InChI=1S/C10H8F3NO/c1-5-3-4-7-8(10(11,12)13)6(2)15-9(7)14-5/h3-4H,1-2H3. The Morgan fingerprint density at radius 1 is 1.20 bits per heavy atom. The van der Waals surface area contributed by atoms with Gasteiger partial charge in [0.1, 0.15) is 11.3 Å². The molecule has 2 nitrogen and oxygen atoms in total. The fraction of sp³-hybridized carbons (Fsp3) is 0.300. The van der Waals surface area contributed by atoms with Gasteiger partial charge in [-0.3, -0.25) is 0 Å². The summed E-state index contributed by atoms with van der Waals surface area (Å²) in [5.41, 5.74) is -0.0604. The molecule has 80 valence electrons. The number of rotatable bonds is 0. The molecule has 0 spiro atoms. The van der Waals surface area contributed by atoms with E-state index in [1.807, 2.05) is 0 Å². The summed E-state index contributed by atoms with van der Waals surface area (Å²) in [4.78, 5) is 3.90. The molecule has 0 aromatic carbocycles. The highest BCUT2D eigenvalue weighted by Gasteiger charge is 2.37. The van der Waals surface area contributed by atoms with E-state index in [1.165, 1.54) is 19.1 Å². The van der Waals surface area contributed by atoms with Gasteiger partial charge in [0.2, 0.25) is 5.71 Å². The number of nitrogens with zero attached hydrogens (tertiary/aromatic N) is 1. The highest BCUT2D eigenvalue weighted by molar-refractivity contribution is 5.79. The zero-order chi connectivity index (χ0) is 11.2. The fourth-order valence-corrected chi connectivity index (χ4v) is 1.54. The predicted molar refractivity (Wildman–Crippen MR) is 48.5 cm³/mol. The molecule has 0 atom stereocenters. The molecule has 0 aliphatic carbocycles. The number of pyridine rings is 1. The Labute approximate surface area is 83.7 Å². The highest BCUT2D eigenvalue weighted by atomic mass is 19.4. The molecule has 5 heteroatoms. The minimum absolute atomic E-state index is 0.0191. The first-order valence-electron chi connectivity index (χ1n) is 4.33. The van der Waals surface area contributed by atoms with Gasteiger partial charge in [0, 0.05) is 5.69 Å². The molecule has 0 unspecified atom stereocenters. The second-order valence-electron chi connectivity index (χ2n) is 3.34. The number of hydrogen-bond acceptors (Lipinski definition) is 2. The number of aromatic nitrogens is 1. The van der Waals surface area contributed by atoms with Crippen molar-refractivity contribution < 1.29 is 17.6 Å². The number of aryl methyl sites for hydroxylation is 2. The number of fused-ring (bicyclic) bond motifs is 1. The summed E-state index contributed by atoms with van der Waals surface area (Å²) in [5.74, 6) is -0.143. The summed E-state index contributed by atoms with van der Waals surface area (Å²) in [6, 6.07) is 2.92. The average molecular weight is 215 g/mol. The van der Waals surface area contributed by atoms with E-state index in [2.05, 4.69) is 4.98 Å². The van der Waals surface area contributed by atoms with Gasteiger partial charge in [-0.1, -0.05) is 0 Å². The van der Waals surface area contributed by atoms with E-state index >= 15 is 0 Å². The third kappa shape index (κ3) is 1.58. The molecule has 0 radical (unpaired) electrons. The average Bonchev–Trinajstić information content (AvgIpc) is 2.38. The maximum atomic E-state index is 12.6. The lowest BCUT2D eigenvalue weighted by molar-refractivity contribution is -0.137. The van der Waals surface area contributed by atoms with Gasteiger partial charge in [-0.2, -0.15) is 13.2 Å². The third-order valence-electron chi connectivity index (χ3n) is 2.15. The summed E-state index contributed by atoms with van der Waals surface area (Å²) in [6.07, 6.45) is -4.40. The fourth-order valence-electron chi connectivity index (χ4n) is 1.54. The minimum atomic E-state index is -4.40. The van der Waals surface area contributed by atoms with Crippen molar-refractivity contribution in [3.8, 4) is 0 Å². The molecular weight excluding hydrogens is 207 g/mol. The van der Waals surface area contributed by atoms with Crippen LogP contribution in [-0.4, -0.2) is 4.98 Å². The lowest BCUT2D eigenvalue weighted by atomic mass is 10.1. The van der Waals surface area contributed by atoms with Crippen molar-refractivity contribution in [1.82, 2.24) is 4.98 Å². The molecule has 0 bridgehead atoms. The molecule has 0 amide bonds. The van der Waals surface area contributed by atoms with Gasteiger partial charge in [-0.15, -0.1) is 0 Å². The Morgan fingerprint density at radius 2 is 1.87 bits per heavy atom. The van der Waals surface area contributed by atoms with Gasteiger partial charge in [0.15, 0.2) is 0 Å². The van der Waals surface area contributed by atoms with Crippen molar-refractivity contribution in [2.45, 2.75) is 20.0 Å². The van der Waals surface area contributed by atoms with Crippen molar-refractivity contribution in [3.63, 3.8) is 0 Å². The molecule has 2 heterocycles. The second-order valence-corrected chi connectivity index (χ2v) is 3.34. The van der Waals surface area contributed by atoms with Crippen molar-refractivity contribution in [2.75, 3.05) is 0 Å². The first-order chi connectivity index (χ1) is 6.89. The summed E-state index contributed by atoms with van der Waals surface area (Å²) in [5, 5.41) is 0.0191. The summed E-state index contributed by atoms with van der Waals surface area (Å²) in [7, 11) is 0. The molecule has 0 saturated heterocycles. The SMILES string of the molecule is Cc1ccc2c(C(F)(F)F)c(C)oc2n1. The molecule has 0 aliphatic rings. The maximum absolute atomic E-state index is 12.6. The van der Waals surface area contributed by atoms with E-state index in [0.29, 0.717) is 5.69 Å². The van der Waals surface area contributed by atoms with E-state index in [9.17, 15) is 13.2 Å². The molecule has 2 rings (SSSR count). The van der Waals surface area contributed by atoms with E-state index in [1.54, 1.807) is 6.92 Å². The van der Waals surface area contributed by atoms with Crippen LogP contribution in [0.4, 0.5) is 13.2 Å². The molecule has 2 aromatic heterocycles. The largest absolute Gasteiger partial charge is 0.442 e. The first kappa shape index (κ1) is 10.0. The van der Waals surface area contributed by atoms with Gasteiger partial charge in [0.25, 0.3) is 0 Å². The number of hydrogen-bond donors (Lipinski definition) is 0. The van der Waals surface area contributed by atoms with E-state index in [-0.39, 0.29) is 16.9 Å². The van der Waals surface area contributed by atoms with Crippen LogP contribution in [0, 0.1) is 13.8 Å². The molecule has 0 saturated carbocycles. The Morgan fingerprint density at radius 3 is 2.47 bits per heavy atom. The zero-order valence-electron chi connectivity index (χ0n) is 8.14. The maximum Gasteiger partial charge on any atom is 0.420 e. The lowest BCUT2D eigenvalue weighted by Crippen LogP contribution is -2.05. The Kier molecular flexibility index (Phi) is 1.99. The monoisotopic (exact) mass is 215 g/mol. The van der Waals surface area contributed by atoms with Crippen LogP contribution in [0.5, 0.6) is 0 Å². The summed E-state index contributed by atoms with van der Waals surface area (Å²) >= 11 is 0.